The molecule has 2 amide bonds. The summed E-state index contributed by atoms with van der Waals surface area (Å²) < 4.78 is 5.81. The first-order valence-corrected chi connectivity index (χ1v) is 7.67. The van der Waals surface area contributed by atoms with Crippen LogP contribution in [0.15, 0.2) is 78.9 Å². The lowest BCUT2D eigenvalue weighted by Crippen LogP contribution is -2.21. The molecule has 5 heteroatoms. The third-order valence-corrected chi connectivity index (χ3v) is 3.53. The lowest BCUT2D eigenvalue weighted by molar-refractivity contribution is 0.103. The molecular weight excluding hydrogens is 316 g/mol. The number of benzene rings is 3. The Morgan fingerprint density at radius 1 is 0.800 bits per heavy atom. The van der Waals surface area contributed by atoms with E-state index in [0.717, 1.165) is 0 Å². The topological polar surface area (TPSA) is 81.4 Å². The monoisotopic (exact) mass is 332 g/mol. The fraction of sp³-hybridized carbons (Fsp3) is 0. The van der Waals surface area contributed by atoms with Gasteiger partial charge in [0.1, 0.15) is 5.75 Å². The molecule has 0 unspecified atom stereocenters. The summed E-state index contributed by atoms with van der Waals surface area (Å²) in [6.07, 6.45) is 0. The minimum Gasteiger partial charge on any atom is -0.455 e. The number of para-hydroxylation sites is 2. The number of amides is 2. The van der Waals surface area contributed by atoms with Gasteiger partial charge in [0, 0.05) is 11.1 Å². The number of carbonyl (C=O) groups excluding carboxylic acids is 2. The molecule has 3 aromatic carbocycles. The van der Waals surface area contributed by atoms with Crippen LogP contribution in [0.25, 0.3) is 0 Å². The zero-order chi connectivity index (χ0) is 17.6. The fourth-order valence-corrected chi connectivity index (χ4v) is 2.42. The summed E-state index contributed by atoms with van der Waals surface area (Å²) in [6, 6.07) is 22.1. The van der Waals surface area contributed by atoms with Crippen molar-refractivity contribution in [1.29, 1.82) is 0 Å². The summed E-state index contributed by atoms with van der Waals surface area (Å²) in [5.41, 5.74) is 6.33. The summed E-state index contributed by atoms with van der Waals surface area (Å²) in [6.45, 7) is 0. The molecular formula is C20H16N2O3. The van der Waals surface area contributed by atoms with Crippen molar-refractivity contribution in [3.05, 3.63) is 90.0 Å². The third kappa shape index (κ3) is 3.84. The Balaban J connectivity index is 2.04. The predicted molar refractivity (Wildman–Crippen MR) is 96.0 cm³/mol. The SMILES string of the molecule is NC(=O)Nc1c(Oc2ccccc2)cccc1C(=O)c1ccccc1. The summed E-state index contributed by atoms with van der Waals surface area (Å²) >= 11 is 0. The van der Waals surface area contributed by atoms with Gasteiger partial charge < -0.3 is 15.8 Å². The minimum atomic E-state index is -0.772. The highest BCUT2D eigenvalue weighted by Gasteiger charge is 2.19. The van der Waals surface area contributed by atoms with Gasteiger partial charge in [-0.25, -0.2) is 4.79 Å². The van der Waals surface area contributed by atoms with Gasteiger partial charge in [-0.15, -0.1) is 0 Å². The number of hydrogen-bond donors (Lipinski definition) is 2. The first-order valence-electron chi connectivity index (χ1n) is 7.67. The average Bonchev–Trinajstić information content (AvgIpc) is 2.64. The number of nitrogens with two attached hydrogens (primary N) is 1. The van der Waals surface area contributed by atoms with Crippen molar-refractivity contribution in [3.63, 3.8) is 0 Å². The summed E-state index contributed by atoms with van der Waals surface area (Å²) in [4.78, 5) is 24.2. The van der Waals surface area contributed by atoms with Crippen molar-refractivity contribution in [2.24, 2.45) is 5.73 Å². The van der Waals surface area contributed by atoms with Crippen LogP contribution in [-0.2, 0) is 0 Å². The zero-order valence-corrected chi connectivity index (χ0v) is 13.3. The predicted octanol–water partition coefficient (Wildman–Crippen LogP) is 4.20. The van der Waals surface area contributed by atoms with Crippen LogP contribution in [0.5, 0.6) is 11.5 Å². The molecule has 3 rings (SSSR count). The standard InChI is InChI=1S/C20H16N2O3/c21-20(24)22-18-16(19(23)14-8-3-1-4-9-14)12-7-13-17(18)25-15-10-5-2-6-11-15/h1-13H,(H3,21,22,24). The Bertz CT molecular complexity index is 893. The lowest BCUT2D eigenvalue weighted by atomic mass is 10.0. The molecule has 0 saturated carbocycles. The van der Waals surface area contributed by atoms with E-state index in [0.29, 0.717) is 22.6 Å². The van der Waals surface area contributed by atoms with Gasteiger partial charge in [0.05, 0.1) is 5.69 Å². The second-order valence-corrected chi connectivity index (χ2v) is 5.28. The number of carbonyl (C=O) groups is 2. The Kier molecular flexibility index (Phi) is 4.76. The molecule has 124 valence electrons. The molecule has 3 N–H and O–H groups in total. The molecule has 0 saturated heterocycles. The molecule has 25 heavy (non-hydrogen) atoms. The van der Waals surface area contributed by atoms with Crippen molar-refractivity contribution in [1.82, 2.24) is 0 Å². The van der Waals surface area contributed by atoms with Gasteiger partial charge in [0.25, 0.3) is 0 Å². The van der Waals surface area contributed by atoms with Crippen molar-refractivity contribution < 1.29 is 14.3 Å². The van der Waals surface area contributed by atoms with Gasteiger partial charge in [0.2, 0.25) is 0 Å². The van der Waals surface area contributed by atoms with Crippen LogP contribution in [0.3, 0.4) is 0 Å². The molecule has 0 aliphatic carbocycles. The fourth-order valence-electron chi connectivity index (χ4n) is 2.42. The highest BCUT2D eigenvalue weighted by atomic mass is 16.5. The van der Waals surface area contributed by atoms with Crippen LogP contribution in [0.1, 0.15) is 15.9 Å². The van der Waals surface area contributed by atoms with Gasteiger partial charge in [0.15, 0.2) is 11.5 Å². The highest BCUT2D eigenvalue weighted by Crippen LogP contribution is 2.33. The molecule has 0 aliphatic rings. The number of rotatable bonds is 5. The van der Waals surface area contributed by atoms with E-state index in [9.17, 15) is 9.59 Å². The van der Waals surface area contributed by atoms with Gasteiger partial charge in [-0.2, -0.15) is 0 Å². The Hall–Kier alpha value is -3.60. The minimum absolute atomic E-state index is 0.233. The van der Waals surface area contributed by atoms with Crippen LogP contribution < -0.4 is 15.8 Å². The normalized spacial score (nSPS) is 10.1. The molecule has 0 bridgehead atoms. The molecule has 5 nitrogen and oxygen atoms in total. The van der Waals surface area contributed by atoms with Crippen LogP contribution in [-0.4, -0.2) is 11.8 Å². The van der Waals surface area contributed by atoms with Gasteiger partial charge in [-0.3, -0.25) is 4.79 Å². The highest BCUT2D eigenvalue weighted by molar-refractivity contribution is 6.14. The maximum atomic E-state index is 12.8. The smallest absolute Gasteiger partial charge is 0.316 e. The van der Waals surface area contributed by atoms with Crippen molar-refractivity contribution in [3.8, 4) is 11.5 Å². The second kappa shape index (κ2) is 7.31. The summed E-state index contributed by atoms with van der Waals surface area (Å²) in [5, 5.41) is 2.51. The van der Waals surface area contributed by atoms with Crippen LogP contribution in [0.4, 0.5) is 10.5 Å². The van der Waals surface area contributed by atoms with Gasteiger partial charge in [-0.1, -0.05) is 54.6 Å². The van der Waals surface area contributed by atoms with E-state index in [1.54, 1.807) is 54.6 Å². The molecule has 0 spiro atoms. The number of urea groups is 1. The number of primary amides is 1. The zero-order valence-electron chi connectivity index (χ0n) is 13.3. The summed E-state index contributed by atoms with van der Waals surface area (Å²) in [5.74, 6) is 0.689. The van der Waals surface area contributed by atoms with Crippen LogP contribution >= 0.6 is 0 Å². The van der Waals surface area contributed by atoms with E-state index in [1.807, 2.05) is 24.3 Å². The first-order chi connectivity index (χ1) is 12.1. The van der Waals surface area contributed by atoms with E-state index in [1.165, 1.54) is 0 Å². The number of anilines is 1. The lowest BCUT2D eigenvalue weighted by Gasteiger charge is -2.15. The largest absolute Gasteiger partial charge is 0.455 e. The average molecular weight is 332 g/mol. The van der Waals surface area contributed by atoms with Crippen molar-refractivity contribution in [2.75, 3.05) is 5.32 Å². The Morgan fingerprint density at radius 2 is 1.44 bits per heavy atom. The van der Waals surface area contributed by atoms with Crippen molar-refractivity contribution in [2.45, 2.75) is 0 Å². The quantitative estimate of drug-likeness (QED) is 0.687. The summed E-state index contributed by atoms with van der Waals surface area (Å²) in [7, 11) is 0. The molecule has 0 heterocycles. The first kappa shape index (κ1) is 16.3. The number of hydrogen-bond acceptors (Lipinski definition) is 3. The van der Waals surface area contributed by atoms with Gasteiger partial charge in [-0.05, 0) is 24.3 Å². The van der Waals surface area contributed by atoms with E-state index in [4.69, 9.17) is 10.5 Å². The Morgan fingerprint density at radius 3 is 2.08 bits per heavy atom. The molecule has 0 fully saturated rings. The molecule has 0 aromatic heterocycles. The van der Waals surface area contributed by atoms with Crippen molar-refractivity contribution >= 4 is 17.5 Å². The van der Waals surface area contributed by atoms with E-state index in [-0.39, 0.29) is 11.5 Å². The van der Waals surface area contributed by atoms with E-state index in [2.05, 4.69) is 5.32 Å². The molecule has 0 radical (unpaired) electrons. The van der Waals surface area contributed by atoms with E-state index < -0.39 is 6.03 Å². The number of ketones is 1. The molecule has 0 aliphatic heterocycles. The maximum Gasteiger partial charge on any atom is 0.316 e. The second-order valence-electron chi connectivity index (χ2n) is 5.28. The maximum absolute atomic E-state index is 12.8. The number of ether oxygens (including phenoxy) is 1. The third-order valence-electron chi connectivity index (χ3n) is 3.53. The Labute approximate surface area is 145 Å². The van der Waals surface area contributed by atoms with Crippen LogP contribution in [0.2, 0.25) is 0 Å². The van der Waals surface area contributed by atoms with Crippen LogP contribution in [0, 0.1) is 0 Å². The van der Waals surface area contributed by atoms with Gasteiger partial charge >= 0.3 is 6.03 Å². The number of nitrogens with one attached hydrogen (secondary N) is 1. The molecule has 0 atom stereocenters. The van der Waals surface area contributed by atoms with E-state index >= 15 is 0 Å². The molecule has 3 aromatic rings.